The van der Waals surface area contributed by atoms with E-state index >= 15 is 0 Å². The largest absolute Gasteiger partial charge is 0.378 e. The van der Waals surface area contributed by atoms with Crippen LogP contribution in [-0.2, 0) is 9.47 Å². The van der Waals surface area contributed by atoms with Crippen molar-refractivity contribution in [1.82, 2.24) is 0 Å². The van der Waals surface area contributed by atoms with Gasteiger partial charge in [-0.1, -0.05) is 77.6 Å². The maximum absolute atomic E-state index is 6.37. The van der Waals surface area contributed by atoms with Gasteiger partial charge in [0.25, 0.3) is 0 Å². The van der Waals surface area contributed by atoms with E-state index in [0.717, 1.165) is 19.1 Å². The van der Waals surface area contributed by atoms with Crippen molar-refractivity contribution in [2.24, 2.45) is 5.92 Å². The third-order valence-electron chi connectivity index (χ3n) is 6.48. The molecule has 0 saturated heterocycles. The highest BCUT2D eigenvalue weighted by Gasteiger charge is 2.16. The smallest absolute Gasteiger partial charge is 0.0575 e. The maximum atomic E-state index is 6.37. The van der Waals surface area contributed by atoms with Crippen LogP contribution in [0.5, 0.6) is 0 Å². The lowest BCUT2D eigenvalue weighted by Gasteiger charge is -2.24. The molecule has 0 heterocycles. The third kappa shape index (κ3) is 10.3. The Morgan fingerprint density at radius 3 is 1.69 bits per heavy atom. The Balaban J connectivity index is 1.58. The molecule has 2 saturated carbocycles. The summed E-state index contributed by atoms with van der Waals surface area (Å²) in [4.78, 5) is 0. The van der Waals surface area contributed by atoms with E-state index < -0.39 is 0 Å². The van der Waals surface area contributed by atoms with Crippen LogP contribution < -0.4 is 0 Å². The summed E-state index contributed by atoms with van der Waals surface area (Å²) in [5, 5.41) is 0. The average molecular weight is 367 g/mol. The predicted molar refractivity (Wildman–Crippen MR) is 112 cm³/mol. The lowest BCUT2D eigenvalue weighted by atomic mass is 9.97. The van der Waals surface area contributed by atoms with E-state index in [-0.39, 0.29) is 0 Å². The molecule has 0 N–H and O–H groups in total. The summed E-state index contributed by atoms with van der Waals surface area (Å²) in [6, 6.07) is 0. The van der Waals surface area contributed by atoms with Gasteiger partial charge in [-0.2, -0.15) is 0 Å². The molecular formula is C24H46O2. The maximum Gasteiger partial charge on any atom is 0.0575 e. The van der Waals surface area contributed by atoms with Crippen LogP contribution in [0.1, 0.15) is 122 Å². The van der Waals surface area contributed by atoms with Crippen molar-refractivity contribution in [3.8, 4) is 0 Å². The summed E-state index contributed by atoms with van der Waals surface area (Å²) >= 11 is 0. The quantitative estimate of drug-likeness (QED) is 0.374. The van der Waals surface area contributed by atoms with Crippen LogP contribution in [0.3, 0.4) is 0 Å². The summed E-state index contributed by atoms with van der Waals surface area (Å²) in [5.41, 5.74) is 0. The second kappa shape index (κ2) is 14.9. The monoisotopic (exact) mass is 366 g/mol. The van der Waals surface area contributed by atoms with Crippen LogP contribution in [0, 0.1) is 5.92 Å². The SMILES string of the molecule is CCCC(CCCOC1CCCCCCC1)COC1CCCCCCC1. The van der Waals surface area contributed by atoms with Crippen molar-refractivity contribution in [1.29, 1.82) is 0 Å². The fourth-order valence-electron chi connectivity index (χ4n) is 4.78. The Kier molecular flexibility index (Phi) is 12.7. The molecule has 2 aliphatic rings. The predicted octanol–water partition coefficient (Wildman–Crippen LogP) is 7.44. The van der Waals surface area contributed by atoms with Gasteiger partial charge in [0.1, 0.15) is 0 Å². The van der Waals surface area contributed by atoms with Gasteiger partial charge < -0.3 is 9.47 Å². The molecule has 0 radical (unpaired) electrons. The lowest BCUT2D eigenvalue weighted by molar-refractivity contribution is 0.00340. The van der Waals surface area contributed by atoms with Crippen LogP contribution in [0.15, 0.2) is 0 Å². The van der Waals surface area contributed by atoms with Gasteiger partial charge in [-0.05, 0) is 50.9 Å². The highest BCUT2D eigenvalue weighted by molar-refractivity contribution is 4.67. The summed E-state index contributed by atoms with van der Waals surface area (Å²) in [7, 11) is 0. The molecule has 0 aromatic rings. The summed E-state index contributed by atoms with van der Waals surface area (Å²) in [6.07, 6.45) is 25.4. The minimum atomic E-state index is 0.542. The average Bonchev–Trinajstić information content (AvgIpc) is 2.58. The van der Waals surface area contributed by atoms with Gasteiger partial charge >= 0.3 is 0 Å². The van der Waals surface area contributed by atoms with Gasteiger partial charge in [0, 0.05) is 13.2 Å². The zero-order chi connectivity index (χ0) is 18.3. The first-order chi connectivity index (χ1) is 12.9. The third-order valence-corrected chi connectivity index (χ3v) is 6.48. The zero-order valence-corrected chi connectivity index (χ0v) is 17.7. The molecular weight excluding hydrogens is 320 g/mol. The molecule has 154 valence electrons. The zero-order valence-electron chi connectivity index (χ0n) is 17.7. The highest BCUT2D eigenvalue weighted by atomic mass is 16.5. The van der Waals surface area contributed by atoms with Gasteiger partial charge in [-0.3, -0.25) is 0 Å². The standard InChI is InChI=1S/C24H46O2/c1-2-14-22(21-26-24-18-11-7-4-8-12-19-24)15-13-20-25-23-16-9-5-3-6-10-17-23/h22-24H,2-21H2,1H3. The fourth-order valence-corrected chi connectivity index (χ4v) is 4.78. The molecule has 2 rings (SSSR count). The first-order valence-electron chi connectivity index (χ1n) is 12.1. The summed E-state index contributed by atoms with van der Waals surface area (Å²) < 4.78 is 12.6. The van der Waals surface area contributed by atoms with Gasteiger partial charge in [0.15, 0.2) is 0 Å². The number of hydrogen-bond donors (Lipinski definition) is 0. The van der Waals surface area contributed by atoms with Gasteiger partial charge in [0.2, 0.25) is 0 Å². The molecule has 1 unspecified atom stereocenters. The molecule has 0 aromatic carbocycles. The lowest BCUT2D eigenvalue weighted by Crippen LogP contribution is -2.20. The van der Waals surface area contributed by atoms with Crippen LogP contribution >= 0.6 is 0 Å². The molecule has 2 heteroatoms. The van der Waals surface area contributed by atoms with Crippen LogP contribution in [0.25, 0.3) is 0 Å². The van der Waals surface area contributed by atoms with Gasteiger partial charge in [-0.25, -0.2) is 0 Å². The molecule has 0 spiro atoms. The van der Waals surface area contributed by atoms with Crippen molar-refractivity contribution in [3.05, 3.63) is 0 Å². The van der Waals surface area contributed by atoms with Crippen molar-refractivity contribution < 1.29 is 9.47 Å². The normalized spacial score (nSPS) is 23.0. The van der Waals surface area contributed by atoms with E-state index in [1.807, 2.05) is 0 Å². The molecule has 0 aromatic heterocycles. The van der Waals surface area contributed by atoms with E-state index in [4.69, 9.17) is 9.47 Å². The van der Waals surface area contributed by atoms with E-state index in [1.165, 1.54) is 116 Å². The second-order valence-corrected chi connectivity index (χ2v) is 8.94. The van der Waals surface area contributed by atoms with Crippen molar-refractivity contribution in [2.45, 2.75) is 135 Å². The van der Waals surface area contributed by atoms with Gasteiger partial charge in [-0.15, -0.1) is 0 Å². The Hall–Kier alpha value is -0.0800. The van der Waals surface area contributed by atoms with Gasteiger partial charge in [0.05, 0.1) is 12.2 Å². The van der Waals surface area contributed by atoms with Crippen LogP contribution in [-0.4, -0.2) is 25.4 Å². The van der Waals surface area contributed by atoms with Crippen LogP contribution in [0.4, 0.5) is 0 Å². The summed E-state index contributed by atoms with van der Waals surface area (Å²) in [6.45, 7) is 4.27. The minimum absolute atomic E-state index is 0.542. The van der Waals surface area contributed by atoms with E-state index in [0.29, 0.717) is 12.2 Å². The minimum Gasteiger partial charge on any atom is -0.378 e. The van der Waals surface area contributed by atoms with Crippen molar-refractivity contribution >= 4 is 0 Å². The molecule has 2 fully saturated rings. The first kappa shape index (κ1) is 22.2. The molecule has 26 heavy (non-hydrogen) atoms. The Morgan fingerprint density at radius 1 is 0.654 bits per heavy atom. The van der Waals surface area contributed by atoms with E-state index in [1.54, 1.807) is 0 Å². The number of rotatable bonds is 10. The van der Waals surface area contributed by atoms with Crippen molar-refractivity contribution in [2.75, 3.05) is 13.2 Å². The Labute approximate surface area is 163 Å². The van der Waals surface area contributed by atoms with Crippen LogP contribution in [0.2, 0.25) is 0 Å². The molecule has 0 bridgehead atoms. The number of ether oxygens (including phenoxy) is 2. The van der Waals surface area contributed by atoms with E-state index in [2.05, 4.69) is 6.92 Å². The summed E-state index contributed by atoms with van der Waals surface area (Å²) in [5.74, 6) is 0.742. The van der Waals surface area contributed by atoms with Crippen molar-refractivity contribution in [3.63, 3.8) is 0 Å². The second-order valence-electron chi connectivity index (χ2n) is 8.94. The first-order valence-corrected chi connectivity index (χ1v) is 12.1. The number of hydrogen-bond acceptors (Lipinski definition) is 2. The molecule has 1 atom stereocenters. The molecule has 0 aliphatic heterocycles. The molecule has 2 aliphatic carbocycles. The fraction of sp³-hybridized carbons (Fsp3) is 1.00. The Bertz CT molecular complexity index is 301. The molecule has 0 amide bonds. The highest BCUT2D eigenvalue weighted by Crippen LogP contribution is 2.23. The van der Waals surface area contributed by atoms with E-state index in [9.17, 15) is 0 Å². The Morgan fingerprint density at radius 2 is 1.15 bits per heavy atom. The topological polar surface area (TPSA) is 18.5 Å². The molecule has 2 nitrogen and oxygen atoms in total.